The van der Waals surface area contributed by atoms with E-state index in [9.17, 15) is 14.9 Å². The van der Waals surface area contributed by atoms with Crippen molar-refractivity contribution in [1.82, 2.24) is 4.98 Å². The van der Waals surface area contributed by atoms with Gasteiger partial charge in [0.25, 0.3) is 5.69 Å². The fourth-order valence-electron chi connectivity index (χ4n) is 2.12. The maximum Gasteiger partial charge on any atom is 0.287 e. The number of aromatic nitrogens is 1. The lowest BCUT2D eigenvalue weighted by Crippen LogP contribution is -2.13. The van der Waals surface area contributed by atoms with Gasteiger partial charge in [-0.15, -0.1) is 0 Å². The summed E-state index contributed by atoms with van der Waals surface area (Å²) in [6, 6.07) is 10.1. The molecule has 0 bridgehead atoms. The number of nitrogens with one attached hydrogen (secondary N) is 2. The zero-order valence-corrected chi connectivity index (χ0v) is 11.3. The number of para-hydroxylation sites is 1. The number of nitrogens with zero attached hydrogens (tertiary/aromatic N) is 3. The van der Waals surface area contributed by atoms with Gasteiger partial charge in [0, 0.05) is 18.0 Å². The van der Waals surface area contributed by atoms with Crippen LogP contribution in [0.2, 0.25) is 0 Å². The standard InChI is InChI=1S/C14H11N5O3/c20-14-11(10-3-1-2-4-12(10)17-14)8-16-18-13-6-5-9(7-15-13)19(21)22/h1-8,11H,(H,15,18)(H,17,20)/b16-8-/t11-/m1/s1. The van der Waals surface area contributed by atoms with Gasteiger partial charge in [-0.05, 0) is 17.7 Å². The molecule has 0 saturated heterocycles. The van der Waals surface area contributed by atoms with E-state index in [-0.39, 0.29) is 11.6 Å². The Hall–Kier alpha value is -3.29. The molecule has 0 radical (unpaired) electrons. The molecular formula is C14H11N5O3. The van der Waals surface area contributed by atoms with Crippen molar-refractivity contribution in [3.8, 4) is 0 Å². The molecule has 1 aliphatic rings. The lowest BCUT2D eigenvalue weighted by Gasteiger charge is -2.02. The number of pyridine rings is 1. The zero-order chi connectivity index (χ0) is 15.5. The molecule has 2 N–H and O–H groups in total. The molecule has 0 saturated carbocycles. The van der Waals surface area contributed by atoms with Crippen molar-refractivity contribution >= 4 is 29.3 Å². The highest BCUT2D eigenvalue weighted by atomic mass is 16.6. The number of anilines is 2. The predicted octanol–water partition coefficient (Wildman–Crippen LogP) is 2.12. The first-order valence-electron chi connectivity index (χ1n) is 6.44. The summed E-state index contributed by atoms with van der Waals surface area (Å²) in [5, 5.41) is 17.3. The van der Waals surface area contributed by atoms with Crippen molar-refractivity contribution in [2.75, 3.05) is 10.7 Å². The predicted molar refractivity (Wildman–Crippen MR) is 80.8 cm³/mol. The highest BCUT2D eigenvalue weighted by Crippen LogP contribution is 2.30. The van der Waals surface area contributed by atoms with Crippen molar-refractivity contribution in [2.24, 2.45) is 5.10 Å². The number of nitro groups is 1. The molecule has 22 heavy (non-hydrogen) atoms. The van der Waals surface area contributed by atoms with Gasteiger partial charge < -0.3 is 5.32 Å². The lowest BCUT2D eigenvalue weighted by atomic mass is 10.0. The maximum absolute atomic E-state index is 11.9. The molecule has 1 amide bonds. The Kier molecular flexibility index (Phi) is 3.48. The summed E-state index contributed by atoms with van der Waals surface area (Å²) >= 11 is 0. The number of hydrogen-bond acceptors (Lipinski definition) is 6. The first kappa shape index (κ1) is 13.7. The van der Waals surface area contributed by atoms with E-state index in [4.69, 9.17) is 0 Å². The zero-order valence-electron chi connectivity index (χ0n) is 11.3. The summed E-state index contributed by atoms with van der Waals surface area (Å²) in [7, 11) is 0. The average Bonchev–Trinajstić information content (AvgIpc) is 2.84. The van der Waals surface area contributed by atoms with Crippen LogP contribution in [-0.4, -0.2) is 22.0 Å². The Bertz CT molecular complexity index is 757. The summed E-state index contributed by atoms with van der Waals surface area (Å²) in [6.45, 7) is 0. The van der Waals surface area contributed by atoms with Crippen molar-refractivity contribution in [2.45, 2.75) is 5.92 Å². The molecule has 3 rings (SSSR count). The van der Waals surface area contributed by atoms with Gasteiger partial charge in [0.2, 0.25) is 5.91 Å². The lowest BCUT2D eigenvalue weighted by molar-refractivity contribution is -0.385. The monoisotopic (exact) mass is 297 g/mol. The van der Waals surface area contributed by atoms with Crippen LogP contribution in [0.4, 0.5) is 17.2 Å². The number of amides is 1. The summed E-state index contributed by atoms with van der Waals surface area (Å²) in [6.07, 6.45) is 2.61. The van der Waals surface area contributed by atoms with Crippen LogP contribution >= 0.6 is 0 Å². The molecule has 8 nitrogen and oxygen atoms in total. The van der Waals surface area contributed by atoms with Crippen LogP contribution in [0.1, 0.15) is 11.5 Å². The molecule has 2 heterocycles. The van der Waals surface area contributed by atoms with E-state index < -0.39 is 10.8 Å². The summed E-state index contributed by atoms with van der Waals surface area (Å²) in [4.78, 5) is 25.7. The normalized spacial score (nSPS) is 16.4. The molecule has 8 heteroatoms. The van der Waals surface area contributed by atoms with E-state index in [1.165, 1.54) is 18.3 Å². The van der Waals surface area contributed by atoms with Crippen LogP contribution in [0.25, 0.3) is 0 Å². The minimum absolute atomic E-state index is 0.0985. The third kappa shape index (κ3) is 2.62. The van der Waals surface area contributed by atoms with E-state index in [1.54, 1.807) is 0 Å². The van der Waals surface area contributed by atoms with E-state index in [1.807, 2.05) is 24.3 Å². The first-order chi connectivity index (χ1) is 10.6. The number of carbonyl (C=O) groups is 1. The molecule has 1 aromatic heterocycles. The Morgan fingerprint density at radius 3 is 2.86 bits per heavy atom. The van der Waals surface area contributed by atoms with Gasteiger partial charge in [-0.2, -0.15) is 5.10 Å². The quantitative estimate of drug-likeness (QED) is 0.510. The SMILES string of the molecule is O=C1Nc2ccccc2[C@H]1/C=N\Nc1ccc([N+](=O)[O-])cn1. The molecule has 0 fully saturated rings. The molecule has 0 spiro atoms. The molecule has 1 atom stereocenters. The second kappa shape index (κ2) is 5.60. The molecular weight excluding hydrogens is 286 g/mol. The van der Waals surface area contributed by atoms with Gasteiger partial charge >= 0.3 is 0 Å². The van der Waals surface area contributed by atoms with Crippen LogP contribution in [0, 0.1) is 10.1 Å². The van der Waals surface area contributed by atoms with Gasteiger partial charge in [0.1, 0.15) is 17.9 Å². The number of benzene rings is 1. The Morgan fingerprint density at radius 1 is 1.32 bits per heavy atom. The molecule has 2 aromatic rings. The van der Waals surface area contributed by atoms with Crippen molar-refractivity contribution < 1.29 is 9.72 Å². The summed E-state index contributed by atoms with van der Waals surface area (Å²) < 4.78 is 0. The van der Waals surface area contributed by atoms with Gasteiger partial charge in [-0.3, -0.25) is 20.3 Å². The van der Waals surface area contributed by atoms with Gasteiger partial charge in [0.05, 0.1) is 4.92 Å². The second-order valence-electron chi connectivity index (χ2n) is 4.60. The van der Waals surface area contributed by atoms with E-state index in [0.29, 0.717) is 5.82 Å². The van der Waals surface area contributed by atoms with Crippen LogP contribution in [0.15, 0.2) is 47.7 Å². The summed E-state index contributed by atoms with van der Waals surface area (Å²) in [5.41, 5.74) is 4.18. The van der Waals surface area contributed by atoms with Crippen LogP contribution in [0.3, 0.4) is 0 Å². The minimum atomic E-state index is -0.528. The molecule has 0 unspecified atom stereocenters. The number of carbonyl (C=O) groups excluding carboxylic acids is 1. The van der Waals surface area contributed by atoms with Crippen molar-refractivity contribution in [3.63, 3.8) is 0 Å². The number of hydrogen-bond donors (Lipinski definition) is 2. The van der Waals surface area contributed by atoms with Crippen LogP contribution in [-0.2, 0) is 4.79 Å². The molecule has 110 valence electrons. The van der Waals surface area contributed by atoms with Crippen molar-refractivity contribution in [3.05, 3.63) is 58.3 Å². The topological polar surface area (TPSA) is 110 Å². The fourth-order valence-corrected chi connectivity index (χ4v) is 2.12. The van der Waals surface area contributed by atoms with Crippen LogP contribution in [0.5, 0.6) is 0 Å². The molecule has 0 aliphatic carbocycles. The number of hydrazone groups is 1. The smallest absolute Gasteiger partial charge is 0.287 e. The fraction of sp³-hybridized carbons (Fsp3) is 0.0714. The van der Waals surface area contributed by atoms with Crippen LogP contribution < -0.4 is 10.7 Å². The summed E-state index contributed by atoms with van der Waals surface area (Å²) in [5.74, 6) is -0.265. The first-order valence-corrected chi connectivity index (χ1v) is 6.44. The van der Waals surface area contributed by atoms with E-state index in [2.05, 4.69) is 20.8 Å². The Balaban J connectivity index is 1.70. The number of rotatable bonds is 4. The molecule has 1 aromatic carbocycles. The number of fused-ring (bicyclic) bond motifs is 1. The highest BCUT2D eigenvalue weighted by Gasteiger charge is 2.28. The Morgan fingerprint density at radius 2 is 2.14 bits per heavy atom. The second-order valence-corrected chi connectivity index (χ2v) is 4.60. The van der Waals surface area contributed by atoms with Gasteiger partial charge in [-0.1, -0.05) is 18.2 Å². The average molecular weight is 297 g/mol. The van der Waals surface area contributed by atoms with E-state index >= 15 is 0 Å². The third-order valence-corrected chi connectivity index (χ3v) is 3.20. The maximum atomic E-state index is 11.9. The highest BCUT2D eigenvalue weighted by molar-refractivity contribution is 6.12. The molecule has 1 aliphatic heterocycles. The third-order valence-electron chi connectivity index (χ3n) is 3.20. The van der Waals surface area contributed by atoms with Gasteiger partial charge in [-0.25, -0.2) is 4.98 Å². The Labute approximate surface area is 125 Å². The van der Waals surface area contributed by atoms with Crippen molar-refractivity contribution in [1.29, 1.82) is 0 Å². The van der Waals surface area contributed by atoms with E-state index in [0.717, 1.165) is 17.4 Å². The van der Waals surface area contributed by atoms with Gasteiger partial charge in [0.15, 0.2) is 0 Å². The minimum Gasteiger partial charge on any atom is -0.325 e. The largest absolute Gasteiger partial charge is 0.325 e.